The summed E-state index contributed by atoms with van der Waals surface area (Å²) in [5, 5.41) is 10.0. The van der Waals surface area contributed by atoms with E-state index in [0.29, 0.717) is 11.6 Å². The van der Waals surface area contributed by atoms with Crippen LogP contribution in [0.1, 0.15) is 5.56 Å². The van der Waals surface area contributed by atoms with Crippen LogP contribution in [0.4, 0.5) is 4.79 Å². The molecule has 0 bridgehead atoms. The van der Waals surface area contributed by atoms with Gasteiger partial charge >= 0.3 is 6.03 Å². The zero-order valence-corrected chi connectivity index (χ0v) is 17.0. The molecular formula is C21H22ClN5O2. The molecule has 3 aromatic rings. The van der Waals surface area contributed by atoms with Gasteiger partial charge in [-0.05, 0) is 31.3 Å². The van der Waals surface area contributed by atoms with Gasteiger partial charge in [0.15, 0.2) is 0 Å². The first-order valence-corrected chi connectivity index (χ1v) is 9.44. The van der Waals surface area contributed by atoms with Gasteiger partial charge in [-0.15, -0.1) is 0 Å². The number of nitrogens with one attached hydrogen (secondary N) is 2. The van der Waals surface area contributed by atoms with Gasteiger partial charge in [-0.2, -0.15) is 5.10 Å². The van der Waals surface area contributed by atoms with Crippen molar-refractivity contribution < 1.29 is 9.59 Å². The molecular weight excluding hydrogens is 390 g/mol. The minimum absolute atomic E-state index is 0.0734. The zero-order chi connectivity index (χ0) is 20.8. The number of nitrogens with zero attached hydrogens (tertiary/aromatic N) is 3. The second kappa shape index (κ2) is 9.36. The first-order valence-electron chi connectivity index (χ1n) is 9.06. The van der Waals surface area contributed by atoms with Crippen LogP contribution in [0.15, 0.2) is 60.8 Å². The van der Waals surface area contributed by atoms with Crippen LogP contribution in [-0.4, -0.2) is 47.3 Å². The average Bonchev–Trinajstić information content (AvgIpc) is 3.12. The summed E-state index contributed by atoms with van der Waals surface area (Å²) in [4.78, 5) is 25.1. The van der Waals surface area contributed by atoms with Gasteiger partial charge in [0, 0.05) is 35.9 Å². The van der Waals surface area contributed by atoms with Crippen LogP contribution in [0.5, 0.6) is 0 Å². The van der Waals surface area contributed by atoms with Crippen molar-refractivity contribution in [2.75, 3.05) is 20.6 Å². The van der Waals surface area contributed by atoms with E-state index in [1.807, 2.05) is 77.4 Å². The summed E-state index contributed by atoms with van der Waals surface area (Å²) in [5.74, 6) is -0.379. The SMILES string of the molecule is CNC(=O)NC(=O)CN(C)Cc1cn(-c2ccccc2)nc1-c1ccc(Cl)cc1. The Hall–Kier alpha value is -3.16. The van der Waals surface area contributed by atoms with E-state index in [2.05, 4.69) is 10.6 Å². The molecule has 0 radical (unpaired) electrons. The predicted octanol–water partition coefficient (Wildman–Crippen LogP) is 3.08. The standard InChI is InChI=1S/C21H22ClN5O2/c1-23-21(29)24-19(28)14-26(2)12-16-13-27(18-6-4-3-5-7-18)25-20(16)15-8-10-17(22)11-9-15/h3-11,13H,12,14H2,1-2H3,(H2,23,24,28,29). The van der Waals surface area contributed by atoms with Crippen LogP contribution in [0.25, 0.3) is 16.9 Å². The molecule has 3 amide bonds. The third-order valence-electron chi connectivity index (χ3n) is 4.26. The molecule has 0 aliphatic heterocycles. The number of aromatic nitrogens is 2. The Labute approximate surface area is 174 Å². The Balaban J connectivity index is 1.86. The number of carbonyl (C=O) groups is 2. The molecule has 29 heavy (non-hydrogen) atoms. The van der Waals surface area contributed by atoms with E-state index >= 15 is 0 Å². The van der Waals surface area contributed by atoms with E-state index < -0.39 is 6.03 Å². The molecule has 0 atom stereocenters. The number of likely N-dealkylation sites (N-methyl/N-ethyl adjacent to an activating group) is 1. The molecule has 0 aliphatic rings. The molecule has 0 spiro atoms. The summed E-state index contributed by atoms with van der Waals surface area (Å²) in [6.07, 6.45) is 1.95. The maximum absolute atomic E-state index is 12.0. The maximum atomic E-state index is 12.0. The molecule has 0 saturated heterocycles. The van der Waals surface area contributed by atoms with Crippen molar-refractivity contribution in [2.24, 2.45) is 0 Å². The van der Waals surface area contributed by atoms with Crippen molar-refractivity contribution in [3.05, 3.63) is 71.4 Å². The molecule has 150 valence electrons. The van der Waals surface area contributed by atoms with Gasteiger partial charge in [-0.3, -0.25) is 15.0 Å². The van der Waals surface area contributed by atoms with Gasteiger partial charge in [0.2, 0.25) is 5.91 Å². The van der Waals surface area contributed by atoms with Crippen molar-refractivity contribution in [3.8, 4) is 16.9 Å². The highest BCUT2D eigenvalue weighted by atomic mass is 35.5. The van der Waals surface area contributed by atoms with E-state index in [1.165, 1.54) is 7.05 Å². The number of rotatable bonds is 6. The Bertz CT molecular complexity index is 986. The predicted molar refractivity (Wildman–Crippen MR) is 113 cm³/mol. The molecule has 8 heteroatoms. The zero-order valence-electron chi connectivity index (χ0n) is 16.2. The Morgan fingerprint density at radius 3 is 2.45 bits per heavy atom. The third kappa shape index (κ3) is 5.43. The highest BCUT2D eigenvalue weighted by Crippen LogP contribution is 2.26. The minimum Gasteiger partial charge on any atom is -0.341 e. The molecule has 0 fully saturated rings. The molecule has 3 rings (SSSR count). The van der Waals surface area contributed by atoms with Crippen LogP contribution in [0, 0.1) is 0 Å². The largest absolute Gasteiger partial charge is 0.341 e. The lowest BCUT2D eigenvalue weighted by atomic mass is 10.1. The lowest BCUT2D eigenvalue weighted by molar-refractivity contribution is -0.120. The fourth-order valence-electron chi connectivity index (χ4n) is 2.91. The van der Waals surface area contributed by atoms with Gasteiger partial charge in [-0.1, -0.05) is 41.9 Å². The van der Waals surface area contributed by atoms with Gasteiger partial charge in [0.25, 0.3) is 0 Å². The lowest BCUT2D eigenvalue weighted by Gasteiger charge is -2.15. The number of imide groups is 1. The van der Waals surface area contributed by atoms with E-state index in [0.717, 1.165) is 22.5 Å². The second-order valence-corrected chi connectivity index (χ2v) is 7.03. The average molecular weight is 412 g/mol. The van der Waals surface area contributed by atoms with Crippen LogP contribution in [-0.2, 0) is 11.3 Å². The number of carbonyl (C=O) groups excluding carboxylic acids is 2. The molecule has 1 aromatic heterocycles. The molecule has 0 aliphatic carbocycles. The normalized spacial score (nSPS) is 10.8. The van der Waals surface area contributed by atoms with Crippen molar-refractivity contribution in [1.82, 2.24) is 25.3 Å². The Morgan fingerprint density at radius 2 is 1.79 bits per heavy atom. The van der Waals surface area contributed by atoms with E-state index in [4.69, 9.17) is 16.7 Å². The molecule has 7 nitrogen and oxygen atoms in total. The van der Waals surface area contributed by atoms with Crippen LogP contribution in [0.2, 0.25) is 5.02 Å². The molecule has 1 heterocycles. The Morgan fingerprint density at radius 1 is 1.10 bits per heavy atom. The van der Waals surface area contributed by atoms with E-state index in [-0.39, 0.29) is 12.5 Å². The summed E-state index contributed by atoms with van der Waals surface area (Å²) in [6, 6.07) is 16.8. The van der Waals surface area contributed by atoms with Crippen LogP contribution in [0.3, 0.4) is 0 Å². The fraction of sp³-hybridized carbons (Fsp3) is 0.190. The van der Waals surface area contributed by atoms with E-state index in [1.54, 1.807) is 0 Å². The lowest BCUT2D eigenvalue weighted by Crippen LogP contribution is -2.42. The summed E-state index contributed by atoms with van der Waals surface area (Å²) in [6.45, 7) is 0.552. The van der Waals surface area contributed by atoms with Gasteiger partial charge in [0.1, 0.15) is 0 Å². The highest BCUT2D eigenvalue weighted by Gasteiger charge is 2.16. The topological polar surface area (TPSA) is 79.3 Å². The van der Waals surface area contributed by atoms with Crippen molar-refractivity contribution in [2.45, 2.75) is 6.54 Å². The molecule has 0 saturated carbocycles. The number of hydrogen-bond acceptors (Lipinski definition) is 4. The first-order chi connectivity index (χ1) is 14.0. The molecule has 0 unspecified atom stereocenters. The summed E-state index contributed by atoms with van der Waals surface area (Å²) in [5.41, 5.74) is 3.63. The summed E-state index contributed by atoms with van der Waals surface area (Å²) >= 11 is 6.02. The maximum Gasteiger partial charge on any atom is 0.321 e. The number of benzene rings is 2. The summed E-state index contributed by atoms with van der Waals surface area (Å²) < 4.78 is 1.82. The number of halogens is 1. The van der Waals surface area contributed by atoms with E-state index in [9.17, 15) is 9.59 Å². The molecule has 2 aromatic carbocycles. The van der Waals surface area contributed by atoms with Crippen LogP contribution < -0.4 is 10.6 Å². The highest BCUT2D eigenvalue weighted by molar-refractivity contribution is 6.30. The van der Waals surface area contributed by atoms with Gasteiger partial charge in [-0.25, -0.2) is 9.48 Å². The van der Waals surface area contributed by atoms with Crippen molar-refractivity contribution in [3.63, 3.8) is 0 Å². The summed E-state index contributed by atoms with van der Waals surface area (Å²) in [7, 11) is 3.28. The second-order valence-electron chi connectivity index (χ2n) is 6.59. The third-order valence-corrected chi connectivity index (χ3v) is 4.51. The Kier molecular flexibility index (Phi) is 6.64. The number of para-hydroxylation sites is 1. The number of hydrogen-bond donors (Lipinski definition) is 2. The quantitative estimate of drug-likeness (QED) is 0.653. The number of urea groups is 1. The number of amides is 3. The van der Waals surface area contributed by atoms with Crippen LogP contribution >= 0.6 is 11.6 Å². The minimum atomic E-state index is -0.526. The van der Waals surface area contributed by atoms with Gasteiger partial charge < -0.3 is 5.32 Å². The van der Waals surface area contributed by atoms with Crippen molar-refractivity contribution in [1.29, 1.82) is 0 Å². The monoisotopic (exact) mass is 411 g/mol. The first kappa shape index (κ1) is 20.6. The molecule has 2 N–H and O–H groups in total. The fourth-order valence-corrected chi connectivity index (χ4v) is 3.04. The smallest absolute Gasteiger partial charge is 0.321 e. The van der Waals surface area contributed by atoms with Crippen molar-refractivity contribution >= 4 is 23.5 Å². The van der Waals surface area contributed by atoms with Gasteiger partial charge in [0.05, 0.1) is 17.9 Å².